The molecule has 0 fully saturated rings. The minimum absolute atomic E-state index is 0.103. The molecule has 1 atom stereocenters. The first kappa shape index (κ1) is 41.1. The number of hydrogen-bond donors (Lipinski definition) is 7. The van der Waals surface area contributed by atoms with Crippen LogP contribution in [0.2, 0.25) is 0 Å². The van der Waals surface area contributed by atoms with Crippen LogP contribution in [0.4, 0.5) is 11.4 Å². The maximum Gasteiger partial charge on any atom is 0.337 e. The molecule has 0 radical (unpaired) electrons. The van der Waals surface area contributed by atoms with E-state index in [2.05, 4.69) is 21.3 Å². The number of nitrogens with one attached hydrogen (secondary N) is 4. The van der Waals surface area contributed by atoms with E-state index in [0.29, 0.717) is 29.6 Å². The van der Waals surface area contributed by atoms with Crippen molar-refractivity contribution >= 4 is 115 Å². The molecule has 4 rings (SSSR count). The Morgan fingerprint density at radius 1 is 0.686 bits per heavy atom. The predicted molar refractivity (Wildman–Crippen MR) is 215 cm³/mol. The molecule has 0 aliphatic carbocycles. The zero-order valence-corrected chi connectivity index (χ0v) is 33.4. The molecular formula is C35H31I3N4O9. The van der Waals surface area contributed by atoms with Crippen LogP contribution in [-0.4, -0.2) is 56.9 Å². The number of benzene rings is 4. The number of aromatic hydroxyl groups is 1. The quantitative estimate of drug-likeness (QED) is 0.0896. The smallest absolute Gasteiger partial charge is 0.337 e. The molecule has 0 aliphatic heterocycles. The van der Waals surface area contributed by atoms with E-state index >= 15 is 0 Å². The second-order valence-electron chi connectivity index (χ2n) is 10.7. The third-order valence-corrected chi connectivity index (χ3v) is 10.3. The van der Waals surface area contributed by atoms with Gasteiger partial charge in [-0.1, -0.05) is 30.3 Å². The number of carboxylic acids is 2. The van der Waals surface area contributed by atoms with Gasteiger partial charge in [0.2, 0.25) is 17.7 Å². The number of hydrogen-bond acceptors (Lipinski definition) is 7. The molecule has 51 heavy (non-hydrogen) atoms. The summed E-state index contributed by atoms with van der Waals surface area (Å²) in [7, 11) is 0. The lowest BCUT2D eigenvalue weighted by molar-refractivity contribution is -0.119. The number of phenolic OH excluding ortho intramolecular Hbond substituents is 1. The Morgan fingerprint density at radius 3 is 1.82 bits per heavy atom. The highest BCUT2D eigenvalue weighted by Crippen LogP contribution is 2.35. The van der Waals surface area contributed by atoms with Crippen LogP contribution in [0.15, 0.2) is 78.9 Å². The largest absolute Gasteiger partial charge is 0.508 e. The number of amides is 4. The molecule has 0 bridgehead atoms. The Balaban J connectivity index is 0.000000295. The van der Waals surface area contributed by atoms with Crippen molar-refractivity contribution in [3.8, 4) is 5.75 Å². The van der Waals surface area contributed by atoms with Crippen LogP contribution in [0, 0.1) is 10.7 Å². The number of halogens is 3. The van der Waals surface area contributed by atoms with Crippen molar-refractivity contribution in [2.45, 2.75) is 32.9 Å². The van der Waals surface area contributed by atoms with Gasteiger partial charge in [-0.05, 0) is 122 Å². The van der Waals surface area contributed by atoms with E-state index in [4.69, 9.17) is 5.11 Å². The first-order valence-corrected chi connectivity index (χ1v) is 18.0. The number of carbonyl (C=O) groups is 6. The van der Waals surface area contributed by atoms with E-state index in [0.717, 1.165) is 9.13 Å². The lowest BCUT2D eigenvalue weighted by Crippen LogP contribution is -2.45. The van der Waals surface area contributed by atoms with Crippen LogP contribution in [-0.2, 0) is 27.3 Å². The third kappa shape index (κ3) is 12.2. The maximum atomic E-state index is 12.9. The average Bonchev–Trinajstić information content (AvgIpc) is 3.07. The number of anilines is 2. The number of rotatable bonds is 11. The maximum absolute atomic E-state index is 12.9. The number of aromatic carboxylic acids is 2. The fourth-order valence-corrected chi connectivity index (χ4v) is 8.67. The standard InChI is InChI=1S/C23H20N2O5.C12H11I3N2O4/c26-19-12-6-15(7-13-19)14-20(25-21(27)16-4-2-1-3-5-16)22(28)24-18-10-8-17(9-11-18)23(29)30;1-4(18)16-3-6-8(13)7(12(20)21)10(15)11(9(6)14)17-5(2)19/h1-13,20,26H,14H2,(H,24,28)(H,25,27)(H,29,30);3H2,1-2H3,(H,16,18)(H,17,19)(H,20,21)/t20-;/m0./s1. The molecule has 4 aromatic carbocycles. The van der Waals surface area contributed by atoms with E-state index in [1.807, 2.05) is 67.8 Å². The Morgan fingerprint density at radius 2 is 1.29 bits per heavy atom. The van der Waals surface area contributed by atoms with Gasteiger partial charge < -0.3 is 36.6 Å². The normalized spacial score (nSPS) is 10.8. The summed E-state index contributed by atoms with van der Waals surface area (Å²) in [6.07, 6.45) is 0.206. The van der Waals surface area contributed by atoms with Crippen LogP contribution in [0.25, 0.3) is 0 Å². The molecule has 0 aliphatic rings. The van der Waals surface area contributed by atoms with E-state index < -0.39 is 29.8 Å². The molecule has 7 N–H and O–H groups in total. The predicted octanol–water partition coefficient (Wildman–Crippen LogP) is 5.86. The van der Waals surface area contributed by atoms with Gasteiger partial charge in [-0.15, -0.1) is 0 Å². The Bertz CT molecular complexity index is 1940. The van der Waals surface area contributed by atoms with Crippen LogP contribution in [0.5, 0.6) is 5.75 Å². The van der Waals surface area contributed by atoms with Gasteiger partial charge in [0, 0.05) is 50.8 Å². The highest BCUT2D eigenvalue weighted by atomic mass is 127. The second-order valence-corrected chi connectivity index (χ2v) is 13.9. The molecular weight excluding hydrogens is 1000 g/mol. The van der Waals surface area contributed by atoms with Crippen LogP contribution >= 0.6 is 67.8 Å². The summed E-state index contributed by atoms with van der Waals surface area (Å²) in [4.78, 5) is 70.3. The SMILES string of the molecule is CC(=O)NCc1c(I)c(NC(C)=O)c(I)c(C(=O)O)c1I.O=C(O)c1ccc(NC(=O)[C@H](Cc2ccc(O)cc2)NC(=O)c2ccccc2)cc1. The van der Waals surface area contributed by atoms with Crippen LogP contribution < -0.4 is 21.3 Å². The number of carboxylic acid groups (broad SMARTS) is 2. The minimum atomic E-state index is -1.07. The van der Waals surface area contributed by atoms with Gasteiger partial charge in [0.05, 0.1) is 20.4 Å². The monoisotopic (exact) mass is 1030 g/mol. The molecule has 266 valence electrons. The summed E-state index contributed by atoms with van der Waals surface area (Å²) in [5.74, 6) is -3.37. The Labute approximate surface area is 333 Å². The first-order chi connectivity index (χ1) is 24.1. The summed E-state index contributed by atoms with van der Waals surface area (Å²) >= 11 is 5.90. The topological polar surface area (TPSA) is 211 Å². The van der Waals surface area contributed by atoms with Crippen molar-refractivity contribution in [3.63, 3.8) is 0 Å². The fourth-order valence-electron chi connectivity index (χ4n) is 4.39. The van der Waals surface area contributed by atoms with Gasteiger partial charge in [-0.2, -0.15) is 0 Å². The minimum Gasteiger partial charge on any atom is -0.508 e. The molecule has 4 aromatic rings. The third-order valence-electron chi connectivity index (χ3n) is 6.87. The summed E-state index contributed by atoms with van der Waals surface area (Å²) in [6.45, 7) is 2.95. The average molecular weight is 1030 g/mol. The van der Waals surface area contributed by atoms with Crippen LogP contribution in [0.1, 0.15) is 56.0 Å². The first-order valence-electron chi connectivity index (χ1n) is 14.8. The van der Waals surface area contributed by atoms with Crippen molar-refractivity contribution in [2.24, 2.45) is 0 Å². The lowest BCUT2D eigenvalue weighted by atomic mass is 10.0. The highest BCUT2D eigenvalue weighted by molar-refractivity contribution is 14.1. The zero-order valence-electron chi connectivity index (χ0n) is 26.9. The molecule has 13 nitrogen and oxygen atoms in total. The zero-order chi connectivity index (χ0) is 37.8. The number of carbonyl (C=O) groups excluding carboxylic acids is 4. The molecule has 0 spiro atoms. The summed E-state index contributed by atoms with van der Waals surface area (Å²) < 4.78 is 1.74. The van der Waals surface area contributed by atoms with Crippen molar-refractivity contribution < 1.29 is 44.1 Å². The Kier molecular flexibility index (Phi) is 15.6. The molecule has 4 amide bonds. The fraction of sp³-hybridized carbons (Fsp3) is 0.143. The molecule has 0 unspecified atom stereocenters. The molecule has 0 saturated heterocycles. The Hall–Kier alpha value is -4.31. The van der Waals surface area contributed by atoms with Crippen molar-refractivity contribution in [1.82, 2.24) is 10.6 Å². The molecule has 0 saturated carbocycles. The molecule has 0 heterocycles. The lowest BCUT2D eigenvalue weighted by Gasteiger charge is -2.19. The van der Waals surface area contributed by atoms with E-state index in [1.54, 1.807) is 42.5 Å². The van der Waals surface area contributed by atoms with Crippen molar-refractivity contribution in [1.29, 1.82) is 0 Å². The van der Waals surface area contributed by atoms with Gasteiger partial charge in [-0.25, -0.2) is 9.59 Å². The molecule has 0 aromatic heterocycles. The number of phenols is 1. The van der Waals surface area contributed by atoms with E-state index in [-0.39, 0.29) is 41.7 Å². The van der Waals surface area contributed by atoms with E-state index in [9.17, 15) is 39.0 Å². The second kappa shape index (κ2) is 19.3. The van der Waals surface area contributed by atoms with E-state index in [1.165, 1.54) is 50.2 Å². The van der Waals surface area contributed by atoms with Gasteiger partial charge in [0.1, 0.15) is 11.8 Å². The summed E-state index contributed by atoms with van der Waals surface area (Å²) in [6, 6.07) is 19.8. The summed E-state index contributed by atoms with van der Waals surface area (Å²) in [5, 5.41) is 38.6. The van der Waals surface area contributed by atoms with Gasteiger partial charge in [-0.3, -0.25) is 19.2 Å². The van der Waals surface area contributed by atoms with Crippen LogP contribution in [0.3, 0.4) is 0 Å². The highest BCUT2D eigenvalue weighted by Gasteiger charge is 2.25. The van der Waals surface area contributed by atoms with Crippen molar-refractivity contribution in [2.75, 3.05) is 10.6 Å². The van der Waals surface area contributed by atoms with Gasteiger partial charge >= 0.3 is 11.9 Å². The van der Waals surface area contributed by atoms with Crippen molar-refractivity contribution in [3.05, 3.63) is 117 Å². The molecule has 16 heteroatoms. The summed E-state index contributed by atoms with van der Waals surface area (Å²) in [5.41, 5.74) is 2.95. The van der Waals surface area contributed by atoms with Gasteiger partial charge in [0.25, 0.3) is 5.91 Å². The van der Waals surface area contributed by atoms with Gasteiger partial charge in [0.15, 0.2) is 0 Å².